The average molecular weight is 367 g/mol. The van der Waals surface area contributed by atoms with Gasteiger partial charge in [0.2, 0.25) is 11.8 Å². The van der Waals surface area contributed by atoms with E-state index in [9.17, 15) is 9.59 Å². The minimum atomic E-state index is -0.416. The third-order valence-corrected chi connectivity index (χ3v) is 5.02. The summed E-state index contributed by atoms with van der Waals surface area (Å²) in [5.41, 5.74) is 0.553. The summed E-state index contributed by atoms with van der Waals surface area (Å²) in [5.74, 6) is -0.0734. The summed E-state index contributed by atoms with van der Waals surface area (Å²) in [6.45, 7) is 0.646. The highest BCUT2D eigenvalue weighted by molar-refractivity contribution is 6.35. The topological polar surface area (TPSA) is 49.4 Å². The molecule has 4 nitrogen and oxygen atoms in total. The van der Waals surface area contributed by atoms with Gasteiger partial charge >= 0.3 is 0 Å². The van der Waals surface area contributed by atoms with Crippen LogP contribution in [0.15, 0.2) is 30.4 Å². The lowest BCUT2D eigenvalue weighted by molar-refractivity contribution is -0.140. The molecule has 2 atom stereocenters. The maximum absolute atomic E-state index is 12.7. The zero-order valence-corrected chi connectivity index (χ0v) is 14.8. The fourth-order valence-electron chi connectivity index (χ4n) is 3.41. The number of carbonyl (C=O) groups is 2. The second-order valence-corrected chi connectivity index (χ2v) is 7.19. The Balaban J connectivity index is 1.69. The molecule has 1 N–H and O–H groups in total. The Kier molecular flexibility index (Phi) is 5.47. The normalized spacial score (nSPS) is 23.3. The van der Waals surface area contributed by atoms with Crippen molar-refractivity contribution in [1.29, 1.82) is 0 Å². The van der Waals surface area contributed by atoms with E-state index in [0.29, 0.717) is 28.7 Å². The molecule has 1 aliphatic heterocycles. The summed E-state index contributed by atoms with van der Waals surface area (Å²) in [4.78, 5) is 27.1. The highest BCUT2D eigenvalue weighted by Gasteiger charge is 2.36. The van der Waals surface area contributed by atoms with Crippen LogP contribution in [0.3, 0.4) is 0 Å². The van der Waals surface area contributed by atoms with Gasteiger partial charge < -0.3 is 10.2 Å². The minimum absolute atomic E-state index is 0.00372. The van der Waals surface area contributed by atoms with Crippen molar-refractivity contribution in [1.82, 2.24) is 4.90 Å². The van der Waals surface area contributed by atoms with Gasteiger partial charge in [-0.1, -0.05) is 35.4 Å². The van der Waals surface area contributed by atoms with Crippen molar-refractivity contribution >= 4 is 40.7 Å². The standard InChI is InChI=1S/C18H20Cl2N2O2/c19-13-9-14(20)11-15(10-13)21-17(23)16-7-4-8-22(16)18(24)12-5-2-1-3-6-12/h1-2,9-12,16H,3-8H2,(H,21,23)/t12-,16+/m0/s1. The minimum Gasteiger partial charge on any atom is -0.330 e. The number of nitrogens with one attached hydrogen (secondary N) is 1. The zero-order valence-electron chi connectivity index (χ0n) is 13.3. The van der Waals surface area contributed by atoms with Crippen LogP contribution in [-0.2, 0) is 9.59 Å². The fourth-order valence-corrected chi connectivity index (χ4v) is 3.93. The van der Waals surface area contributed by atoms with Crippen LogP contribution in [0.5, 0.6) is 0 Å². The summed E-state index contributed by atoms with van der Waals surface area (Å²) in [6.07, 6.45) is 8.28. The van der Waals surface area contributed by atoms with Gasteiger partial charge in [0, 0.05) is 28.2 Å². The lowest BCUT2D eigenvalue weighted by Crippen LogP contribution is -2.45. The molecule has 0 aromatic heterocycles. The van der Waals surface area contributed by atoms with E-state index in [0.717, 1.165) is 25.7 Å². The first-order valence-corrected chi connectivity index (χ1v) is 9.02. The Morgan fingerprint density at radius 3 is 2.50 bits per heavy atom. The van der Waals surface area contributed by atoms with E-state index in [1.165, 1.54) is 0 Å². The smallest absolute Gasteiger partial charge is 0.247 e. The van der Waals surface area contributed by atoms with Crippen LogP contribution in [0, 0.1) is 5.92 Å². The number of hydrogen-bond donors (Lipinski definition) is 1. The third kappa shape index (κ3) is 3.93. The van der Waals surface area contributed by atoms with Gasteiger partial charge in [-0.3, -0.25) is 9.59 Å². The van der Waals surface area contributed by atoms with E-state index >= 15 is 0 Å². The zero-order chi connectivity index (χ0) is 17.1. The van der Waals surface area contributed by atoms with Crippen LogP contribution >= 0.6 is 23.2 Å². The van der Waals surface area contributed by atoms with Crippen molar-refractivity contribution in [3.63, 3.8) is 0 Å². The number of rotatable bonds is 3. The molecule has 1 heterocycles. The number of likely N-dealkylation sites (tertiary alicyclic amines) is 1. The molecule has 24 heavy (non-hydrogen) atoms. The Bertz CT molecular complexity index is 655. The highest BCUT2D eigenvalue weighted by Crippen LogP contribution is 2.27. The van der Waals surface area contributed by atoms with Gasteiger partial charge in [-0.05, 0) is 50.3 Å². The summed E-state index contributed by atoms with van der Waals surface area (Å²) >= 11 is 11.9. The SMILES string of the molecule is O=C(Nc1cc(Cl)cc(Cl)c1)[C@H]1CCCN1C(=O)[C@H]1CC=CCC1. The maximum atomic E-state index is 12.7. The van der Waals surface area contributed by atoms with Crippen molar-refractivity contribution < 1.29 is 9.59 Å². The predicted octanol–water partition coefficient (Wildman–Crippen LogP) is 4.28. The molecular formula is C18H20Cl2N2O2. The van der Waals surface area contributed by atoms with Gasteiger partial charge in [-0.25, -0.2) is 0 Å². The second kappa shape index (κ2) is 7.58. The monoisotopic (exact) mass is 366 g/mol. The van der Waals surface area contributed by atoms with E-state index < -0.39 is 6.04 Å². The Hall–Kier alpha value is -1.52. The van der Waals surface area contributed by atoms with E-state index in [2.05, 4.69) is 17.5 Å². The summed E-state index contributed by atoms with van der Waals surface area (Å²) in [5, 5.41) is 3.77. The van der Waals surface area contributed by atoms with E-state index in [1.807, 2.05) is 0 Å². The first kappa shape index (κ1) is 17.3. The van der Waals surface area contributed by atoms with Gasteiger partial charge in [-0.15, -0.1) is 0 Å². The summed E-state index contributed by atoms with van der Waals surface area (Å²) in [7, 11) is 0. The lowest BCUT2D eigenvalue weighted by atomic mass is 9.93. The van der Waals surface area contributed by atoms with Gasteiger partial charge in [-0.2, -0.15) is 0 Å². The van der Waals surface area contributed by atoms with E-state index in [4.69, 9.17) is 23.2 Å². The number of halogens is 2. The van der Waals surface area contributed by atoms with Crippen LogP contribution in [0.2, 0.25) is 10.0 Å². The molecule has 0 bridgehead atoms. The van der Waals surface area contributed by atoms with Crippen molar-refractivity contribution in [2.45, 2.75) is 38.1 Å². The van der Waals surface area contributed by atoms with Gasteiger partial charge in [0.25, 0.3) is 0 Å². The maximum Gasteiger partial charge on any atom is 0.247 e. The predicted molar refractivity (Wildman–Crippen MR) is 96.3 cm³/mol. The van der Waals surface area contributed by atoms with E-state index in [-0.39, 0.29) is 17.7 Å². The number of amides is 2. The Morgan fingerprint density at radius 1 is 1.08 bits per heavy atom. The third-order valence-electron chi connectivity index (χ3n) is 4.59. The Labute approximate surface area is 151 Å². The summed E-state index contributed by atoms with van der Waals surface area (Å²) in [6, 6.07) is 4.50. The quantitative estimate of drug-likeness (QED) is 0.811. The Morgan fingerprint density at radius 2 is 1.83 bits per heavy atom. The van der Waals surface area contributed by atoms with Crippen LogP contribution in [0.1, 0.15) is 32.1 Å². The number of anilines is 1. The van der Waals surface area contributed by atoms with Gasteiger partial charge in [0.1, 0.15) is 6.04 Å². The molecule has 1 aliphatic carbocycles. The first-order chi connectivity index (χ1) is 11.5. The molecule has 0 spiro atoms. The van der Waals surface area contributed by atoms with Crippen molar-refractivity contribution in [3.8, 4) is 0 Å². The molecule has 1 fully saturated rings. The molecule has 1 saturated heterocycles. The van der Waals surface area contributed by atoms with Crippen molar-refractivity contribution in [2.24, 2.45) is 5.92 Å². The number of benzene rings is 1. The first-order valence-electron chi connectivity index (χ1n) is 8.27. The van der Waals surface area contributed by atoms with Crippen LogP contribution in [0.4, 0.5) is 5.69 Å². The van der Waals surface area contributed by atoms with Crippen molar-refractivity contribution in [3.05, 3.63) is 40.4 Å². The molecule has 0 saturated carbocycles. The largest absolute Gasteiger partial charge is 0.330 e. The van der Waals surface area contributed by atoms with E-state index in [1.54, 1.807) is 23.1 Å². The molecule has 3 rings (SSSR count). The summed E-state index contributed by atoms with van der Waals surface area (Å²) < 4.78 is 0. The average Bonchev–Trinajstić information content (AvgIpc) is 3.03. The molecule has 2 aliphatic rings. The molecule has 1 aromatic rings. The van der Waals surface area contributed by atoms with Crippen LogP contribution < -0.4 is 5.32 Å². The van der Waals surface area contributed by atoms with Gasteiger partial charge in [0.05, 0.1) is 0 Å². The molecule has 0 radical (unpaired) electrons. The number of carbonyl (C=O) groups excluding carboxylic acids is 2. The highest BCUT2D eigenvalue weighted by atomic mass is 35.5. The van der Waals surface area contributed by atoms with Crippen molar-refractivity contribution in [2.75, 3.05) is 11.9 Å². The molecule has 6 heteroatoms. The molecule has 1 aromatic carbocycles. The lowest BCUT2D eigenvalue weighted by Gasteiger charge is -2.28. The molecular weight excluding hydrogens is 347 g/mol. The van der Waals surface area contributed by atoms with Crippen LogP contribution in [-0.4, -0.2) is 29.3 Å². The molecule has 128 valence electrons. The number of hydrogen-bond acceptors (Lipinski definition) is 2. The second-order valence-electron chi connectivity index (χ2n) is 6.32. The molecule has 2 amide bonds. The fraction of sp³-hybridized carbons (Fsp3) is 0.444. The number of allylic oxidation sites excluding steroid dienone is 2. The van der Waals surface area contributed by atoms with Gasteiger partial charge in [0.15, 0.2) is 0 Å². The number of nitrogens with zero attached hydrogens (tertiary/aromatic N) is 1. The van der Waals surface area contributed by atoms with Crippen LogP contribution in [0.25, 0.3) is 0 Å². The molecule has 0 unspecified atom stereocenters.